The normalized spacial score (nSPS) is 20.6. The molecule has 0 unspecified atom stereocenters. The van der Waals surface area contributed by atoms with Crippen molar-refractivity contribution in [2.45, 2.75) is 31.8 Å². The molecule has 0 radical (unpaired) electrons. The molecule has 0 saturated carbocycles. The quantitative estimate of drug-likeness (QED) is 0.922. The lowest BCUT2D eigenvalue weighted by Crippen LogP contribution is -2.45. The number of amides is 1. The third kappa shape index (κ3) is 2.53. The molecule has 2 aromatic rings. The Kier molecular flexibility index (Phi) is 3.61. The number of halogens is 1. The Labute approximate surface area is 133 Å². The Bertz CT molecular complexity index is 737. The summed E-state index contributed by atoms with van der Waals surface area (Å²) in [6.07, 6.45) is 2.53. The average molecular weight is 315 g/mol. The van der Waals surface area contributed by atoms with E-state index in [2.05, 4.69) is 10.5 Å². The fraction of sp³-hybridized carbons (Fsp3) is 0.412. The van der Waals surface area contributed by atoms with Crippen LogP contribution in [0.25, 0.3) is 11.3 Å². The maximum Gasteiger partial charge on any atom is 0.240 e. The largest absolute Gasteiger partial charge is 0.360 e. The minimum absolute atomic E-state index is 0.0895. The number of hydrogen-bond acceptors (Lipinski definition) is 4. The molecule has 1 amide bonds. The van der Waals surface area contributed by atoms with E-state index in [0.29, 0.717) is 30.8 Å². The van der Waals surface area contributed by atoms with Gasteiger partial charge in [-0.15, -0.1) is 0 Å². The van der Waals surface area contributed by atoms with Gasteiger partial charge in [0.15, 0.2) is 0 Å². The molecule has 5 nitrogen and oxygen atoms in total. The fourth-order valence-electron chi connectivity index (χ4n) is 3.38. The first-order chi connectivity index (χ1) is 11.2. The van der Waals surface area contributed by atoms with Crippen LogP contribution in [0.1, 0.15) is 24.2 Å². The van der Waals surface area contributed by atoms with Crippen molar-refractivity contribution in [2.24, 2.45) is 0 Å². The zero-order chi connectivity index (χ0) is 15.8. The highest BCUT2D eigenvalue weighted by molar-refractivity contribution is 5.82. The molecule has 0 spiro atoms. The number of nitrogens with zero attached hydrogens (tertiary/aromatic N) is 2. The van der Waals surface area contributed by atoms with Crippen LogP contribution >= 0.6 is 0 Å². The third-order valence-corrected chi connectivity index (χ3v) is 4.63. The summed E-state index contributed by atoms with van der Waals surface area (Å²) in [5.41, 5.74) is 1.76. The lowest BCUT2D eigenvalue weighted by Gasteiger charge is -2.28. The summed E-state index contributed by atoms with van der Waals surface area (Å²) in [7, 11) is 0. The van der Waals surface area contributed by atoms with E-state index < -0.39 is 0 Å². The van der Waals surface area contributed by atoms with E-state index in [0.717, 1.165) is 30.7 Å². The van der Waals surface area contributed by atoms with Gasteiger partial charge >= 0.3 is 0 Å². The number of fused-ring (bicyclic) bond motifs is 1. The Morgan fingerprint density at radius 3 is 3.04 bits per heavy atom. The Hall–Kier alpha value is -2.21. The number of hydrogen-bond donors (Lipinski definition) is 1. The Balaban J connectivity index is 1.63. The smallest absolute Gasteiger partial charge is 0.240 e. The summed E-state index contributed by atoms with van der Waals surface area (Å²) < 4.78 is 19.4. The van der Waals surface area contributed by atoms with E-state index in [4.69, 9.17) is 4.52 Å². The minimum atomic E-state index is -0.329. The first-order valence-electron chi connectivity index (χ1n) is 7.98. The van der Waals surface area contributed by atoms with Gasteiger partial charge in [-0.25, -0.2) is 4.39 Å². The van der Waals surface area contributed by atoms with Crippen molar-refractivity contribution in [3.8, 4) is 11.3 Å². The summed E-state index contributed by atoms with van der Waals surface area (Å²) in [6, 6.07) is 6.42. The highest BCUT2D eigenvalue weighted by atomic mass is 19.1. The minimum Gasteiger partial charge on any atom is -0.360 e. The van der Waals surface area contributed by atoms with Crippen LogP contribution in [0, 0.1) is 5.82 Å². The average Bonchev–Trinajstić information content (AvgIpc) is 3.24. The highest BCUT2D eigenvalue weighted by Gasteiger charge is 2.32. The maximum atomic E-state index is 14.1. The fourth-order valence-corrected chi connectivity index (χ4v) is 3.38. The second-order valence-corrected chi connectivity index (χ2v) is 6.07. The number of carbonyl (C=O) groups excluding carboxylic acids is 1. The van der Waals surface area contributed by atoms with Crippen molar-refractivity contribution in [1.82, 2.24) is 15.4 Å². The monoisotopic (exact) mass is 315 g/mol. The lowest BCUT2D eigenvalue weighted by molar-refractivity contribution is -0.134. The van der Waals surface area contributed by atoms with Gasteiger partial charge in [-0.05, 0) is 31.5 Å². The Morgan fingerprint density at radius 1 is 1.39 bits per heavy atom. The van der Waals surface area contributed by atoms with E-state index >= 15 is 0 Å². The van der Waals surface area contributed by atoms with Gasteiger partial charge in [0.2, 0.25) is 5.91 Å². The molecule has 0 bridgehead atoms. The van der Waals surface area contributed by atoms with Crippen molar-refractivity contribution in [3.63, 3.8) is 0 Å². The van der Waals surface area contributed by atoms with E-state index in [-0.39, 0.29) is 17.8 Å². The van der Waals surface area contributed by atoms with Gasteiger partial charge in [0.25, 0.3) is 0 Å². The van der Waals surface area contributed by atoms with E-state index in [1.807, 2.05) is 4.90 Å². The standard InChI is InChI=1S/C17H18FN3O2/c18-13-5-2-1-4-11(13)16-12-10-21(9-7-15(12)23-20-16)17(22)14-6-3-8-19-14/h1-2,4-5,14,19H,3,6-10H2/t14-/m0/s1. The SMILES string of the molecule is O=C([C@@H]1CCCN1)N1CCc2onc(-c3ccccc3F)c2C1. The molecule has 0 aliphatic carbocycles. The summed E-state index contributed by atoms with van der Waals surface area (Å²) in [5.74, 6) is 0.546. The molecule has 1 aromatic heterocycles. The predicted molar refractivity (Wildman–Crippen MR) is 82.0 cm³/mol. The summed E-state index contributed by atoms with van der Waals surface area (Å²) >= 11 is 0. The van der Waals surface area contributed by atoms with Crippen molar-refractivity contribution >= 4 is 5.91 Å². The van der Waals surface area contributed by atoms with Crippen molar-refractivity contribution < 1.29 is 13.7 Å². The number of benzene rings is 1. The predicted octanol–water partition coefficient (Wildman–Crippen LogP) is 2.12. The summed E-state index contributed by atoms with van der Waals surface area (Å²) in [5, 5.41) is 7.29. The van der Waals surface area contributed by atoms with Gasteiger partial charge in [0.1, 0.15) is 17.3 Å². The number of carbonyl (C=O) groups is 1. The van der Waals surface area contributed by atoms with Gasteiger partial charge in [-0.1, -0.05) is 17.3 Å². The van der Waals surface area contributed by atoms with Gasteiger partial charge in [-0.2, -0.15) is 0 Å². The highest BCUT2D eigenvalue weighted by Crippen LogP contribution is 2.31. The van der Waals surface area contributed by atoms with Crippen LogP contribution in [0.2, 0.25) is 0 Å². The number of aromatic nitrogens is 1. The van der Waals surface area contributed by atoms with Crippen molar-refractivity contribution in [2.75, 3.05) is 13.1 Å². The third-order valence-electron chi connectivity index (χ3n) is 4.63. The van der Waals surface area contributed by atoms with Gasteiger partial charge < -0.3 is 14.7 Å². The van der Waals surface area contributed by atoms with Crippen LogP contribution in [0.3, 0.4) is 0 Å². The molecular weight excluding hydrogens is 297 g/mol. The molecule has 23 heavy (non-hydrogen) atoms. The van der Waals surface area contributed by atoms with Gasteiger partial charge in [0, 0.05) is 24.1 Å². The molecule has 1 N–H and O–H groups in total. The number of rotatable bonds is 2. The van der Waals surface area contributed by atoms with Crippen molar-refractivity contribution in [3.05, 3.63) is 41.4 Å². The number of nitrogens with one attached hydrogen (secondary N) is 1. The topological polar surface area (TPSA) is 58.4 Å². The molecule has 1 aromatic carbocycles. The molecule has 3 heterocycles. The molecule has 1 atom stereocenters. The molecule has 6 heteroatoms. The van der Waals surface area contributed by atoms with Crippen molar-refractivity contribution in [1.29, 1.82) is 0 Å². The molecule has 1 fully saturated rings. The first kappa shape index (κ1) is 14.4. The molecule has 2 aliphatic heterocycles. The van der Waals surface area contributed by atoms with Gasteiger partial charge in [-0.3, -0.25) is 4.79 Å². The van der Waals surface area contributed by atoms with Crippen LogP contribution in [0.5, 0.6) is 0 Å². The van der Waals surface area contributed by atoms with Gasteiger partial charge in [0.05, 0.1) is 12.6 Å². The molecule has 2 aliphatic rings. The second-order valence-electron chi connectivity index (χ2n) is 6.07. The van der Waals surface area contributed by atoms with E-state index in [9.17, 15) is 9.18 Å². The first-order valence-corrected chi connectivity index (χ1v) is 7.98. The van der Waals surface area contributed by atoms with E-state index in [1.54, 1.807) is 18.2 Å². The zero-order valence-corrected chi connectivity index (χ0v) is 12.7. The van der Waals surface area contributed by atoms with Crippen LogP contribution < -0.4 is 5.32 Å². The second kappa shape index (κ2) is 5.77. The Morgan fingerprint density at radius 2 is 2.26 bits per heavy atom. The molecule has 1 saturated heterocycles. The molecule has 4 rings (SSSR count). The lowest BCUT2D eigenvalue weighted by atomic mass is 10.0. The van der Waals surface area contributed by atoms with Crippen LogP contribution in [-0.4, -0.2) is 35.1 Å². The maximum absolute atomic E-state index is 14.1. The zero-order valence-electron chi connectivity index (χ0n) is 12.7. The molecular formula is C17H18FN3O2. The van der Waals surface area contributed by atoms with E-state index in [1.165, 1.54) is 6.07 Å². The van der Waals surface area contributed by atoms with Crippen LogP contribution in [0.15, 0.2) is 28.8 Å². The van der Waals surface area contributed by atoms with Crippen LogP contribution in [-0.2, 0) is 17.8 Å². The summed E-state index contributed by atoms with van der Waals surface area (Å²) in [4.78, 5) is 14.4. The molecule has 120 valence electrons. The summed E-state index contributed by atoms with van der Waals surface area (Å²) in [6.45, 7) is 1.94. The van der Waals surface area contributed by atoms with Crippen LogP contribution in [0.4, 0.5) is 4.39 Å².